The summed E-state index contributed by atoms with van der Waals surface area (Å²) in [5.74, 6) is 0.208. The van der Waals surface area contributed by atoms with Crippen LogP contribution < -0.4 is 25.4 Å². The fraction of sp³-hybridized carbons (Fsp3) is 0.100. The van der Waals surface area contributed by atoms with E-state index < -0.39 is 11.2 Å². The van der Waals surface area contributed by atoms with Crippen LogP contribution in [-0.4, -0.2) is 29.8 Å². The molecule has 40 heavy (non-hydrogen) atoms. The quantitative estimate of drug-likeness (QED) is 0.168. The average Bonchev–Trinajstić information content (AvgIpc) is 3.65. The van der Waals surface area contributed by atoms with Gasteiger partial charge in [0.25, 0.3) is 11.8 Å². The number of carbonyl (C=O) groups is 3. The standard InChI is InChI=1S/C30H25N3O5S2/c1-19(28(34)31-23-10-11-26-27(16-23)38-18-37-26)40-24-9-5-8-22(15-24)32-30(36)25(14-20-12-13-39-17-20)33-29(35)21-6-3-2-4-7-21/h2-17,19H,18H2,1H3,(H,31,34)(H,32,36)(H,33,35)/b25-14-. The summed E-state index contributed by atoms with van der Waals surface area (Å²) >= 11 is 2.85. The zero-order chi connectivity index (χ0) is 27.9. The molecule has 0 spiro atoms. The molecule has 0 radical (unpaired) electrons. The molecule has 0 bridgehead atoms. The second-order valence-electron chi connectivity index (χ2n) is 8.73. The minimum Gasteiger partial charge on any atom is -0.454 e. The highest BCUT2D eigenvalue weighted by molar-refractivity contribution is 8.00. The van der Waals surface area contributed by atoms with Crippen molar-refractivity contribution in [1.29, 1.82) is 0 Å². The Morgan fingerprint density at radius 3 is 2.50 bits per heavy atom. The van der Waals surface area contributed by atoms with Crippen LogP contribution in [0.2, 0.25) is 0 Å². The Balaban J connectivity index is 1.24. The van der Waals surface area contributed by atoms with Crippen molar-refractivity contribution >= 4 is 58.3 Å². The first-order chi connectivity index (χ1) is 19.4. The Bertz CT molecular complexity index is 1550. The van der Waals surface area contributed by atoms with Gasteiger partial charge in [-0.1, -0.05) is 24.3 Å². The Hall–Kier alpha value is -4.54. The van der Waals surface area contributed by atoms with Crippen LogP contribution in [0.1, 0.15) is 22.8 Å². The lowest BCUT2D eigenvalue weighted by Gasteiger charge is -2.14. The molecule has 4 aromatic rings. The normalized spacial score (nSPS) is 12.9. The topological polar surface area (TPSA) is 106 Å². The largest absolute Gasteiger partial charge is 0.454 e. The first kappa shape index (κ1) is 27.0. The van der Waals surface area contributed by atoms with Gasteiger partial charge >= 0.3 is 0 Å². The fourth-order valence-electron chi connectivity index (χ4n) is 3.79. The van der Waals surface area contributed by atoms with Gasteiger partial charge in [-0.2, -0.15) is 11.3 Å². The van der Waals surface area contributed by atoms with Crippen molar-refractivity contribution in [2.45, 2.75) is 17.1 Å². The van der Waals surface area contributed by atoms with Gasteiger partial charge in [-0.15, -0.1) is 11.8 Å². The number of fused-ring (bicyclic) bond motifs is 1. The fourth-order valence-corrected chi connectivity index (χ4v) is 5.33. The number of thiophene rings is 1. The first-order valence-corrected chi connectivity index (χ1v) is 14.2. The summed E-state index contributed by atoms with van der Waals surface area (Å²) < 4.78 is 10.7. The van der Waals surface area contributed by atoms with E-state index in [-0.39, 0.29) is 24.3 Å². The monoisotopic (exact) mass is 571 g/mol. The number of hydrogen-bond donors (Lipinski definition) is 3. The van der Waals surface area contributed by atoms with E-state index in [9.17, 15) is 14.4 Å². The molecular formula is C30H25N3O5S2. The van der Waals surface area contributed by atoms with Gasteiger partial charge in [0.05, 0.1) is 5.25 Å². The van der Waals surface area contributed by atoms with Crippen molar-refractivity contribution in [3.8, 4) is 11.5 Å². The van der Waals surface area contributed by atoms with Crippen molar-refractivity contribution in [3.05, 3.63) is 106 Å². The summed E-state index contributed by atoms with van der Waals surface area (Å²) in [4.78, 5) is 39.6. The van der Waals surface area contributed by atoms with E-state index in [1.807, 2.05) is 29.0 Å². The van der Waals surface area contributed by atoms with Crippen LogP contribution in [0.5, 0.6) is 11.5 Å². The number of anilines is 2. The van der Waals surface area contributed by atoms with Crippen molar-refractivity contribution in [2.24, 2.45) is 0 Å². The molecule has 1 unspecified atom stereocenters. The van der Waals surface area contributed by atoms with Crippen LogP contribution in [-0.2, 0) is 9.59 Å². The molecule has 1 aromatic heterocycles. The predicted molar refractivity (Wildman–Crippen MR) is 158 cm³/mol. The summed E-state index contributed by atoms with van der Waals surface area (Å²) in [7, 11) is 0. The number of thioether (sulfide) groups is 1. The molecule has 3 N–H and O–H groups in total. The third-order valence-electron chi connectivity index (χ3n) is 5.80. The molecule has 0 fully saturated rings. The molecule has 0 saturated heterocycles. The molecule has 10 heteroatoms. The van der Waals surface area contributed by atoms with Gasteiger partial charge in [0, 0.05) is 27.9 Å². The smallest absolute Gasteiger partial charge is 0.272 e. The Morgan fingerprint density at radius 1 is 0.900 bits per heavy atom. The second kappa shape index (κ2) is 12.5. The lowest BCUT2D eigenvalue weighted by molar-refractivity contribution is -0.115. The molecule has 1 aliphatic rings. The highest BCUT2D eigenvalue weighted by Gasteiger charge is 2.19. The minimum absolute atomic E-state index is 0.113. The molecule has 0 aliphatic carbocycles. The van der Waals surface area contributed by atoms with Crippen LogP contribution in [0.15, 0.2) is 100 Å². The molecule has 3 aromatic carbocycles. The SMILES string of the molecule is CC(Sc1cccc(NC(=O)/C(=C/c2ccsc2)NC(=O)c2ccccc2)c1)C(=O)Nc1ccc2c(c1)OCO2. The van der Waals surface area contributed by atoms with E-state index in [1.54, 1.807) is 73.7 Å². The highest BCUT2D eigenvalue weighted by atomic mass is 32.2. The zero-order valence-electron chi connectivity index (χ0n) is 21.4. The third-order valence-corrected chi connectivity index (χ3v) is 7.59. The number of benzene rings is 3. The summed E-state index contributed by atoms with van der Waals surface area (Å²) in [6, 6.07) is 23.0. The molecule has 8 nitrogen and oxygen atoms in total. The maximum atomic E-state index is 13.3. The number of rotatable bonds is 9. The van der Waals surface area contributed by atoms with Gasteiger partial charge in [-0.25, -0.2) is 0 Å². The van der Waals surface area contributed by atoms with E-state index in [4.69, 9.17) is 9.47 Å². The molecule has 1 aliphatic heterocycles. The third kappa shape index (κ3) is 6.90. The number of carbonyl (C=O) groups excluding carboxylic acids is 3. The van der Waals surface area contributed by atoms with Gasteiger partial charge in [0.2, 0.25) is 12.7 Å². The van der Waals surface area contributed by atoms with E-state index in [0.717, 1.165) is 10.5 Å². The van der Waals surface area contributed by atoms with Crippen molar-refractivity contribution in [2.75, 3.05) is 17.4 Å². The minimum atomic E-state index is -0.466. The van der Waals surface area contributed by atoms with E-state index in [2.05, 4.69) is 16.0 Å². The van der Waals surface area contributed by atoms with Crippen LogP contribution >= 0.6 is 23.1 Å². The van der Waals surface area contributed by atoms with Crippen LogP contribution in [0.4, 0.5) is 11.4 Å². The Morgan fingerprint density at radius 2 is 1.70 bits per heavy atom. The zero-order valence-corrected chi connectivity index (χ0v) is 23.0. The van der Waals surface area contributed by atoms with E-state index in [0.29, 0.717) is 28.4 Å². The average molecular weight is 572 g/mol. The molecule has 1 atom stereocenters. The van der Waals surface area contributed by atoms with Gasteiger partial charge < -0.3 is 25.4 Å². The molecule has 3 amide bonds. The maximum Gasteiger partial charge on any atom is 0.272 e. The predicted octanol–water partition coefficient (Wildman–Crippen LogP) is 6.01. The van der Waals surface area contributed by atoms with Crippen molar-refractivity contribution < 1.29 is 23.9 Å². The summed E-state index contributed by atoms with van der Waals surface area (Å²) in [5.41, 5.74) is 2.50. The van der Waals surface area contributed by atoms with Gasteiger partial charge in [-0.3, -0.25) is 14.4 Å². The number of nitrogens with one attached hydrogen (secondary N) is 3. The van der Waals surface area contributed by atoms with Crippen LogP contribution in [0, 0.1) is 0 Å². The molecule has 5 rings (SSSR count). The highest BCUT2D eigenvalue weighted by Crippen LogP contribution is 2.34. The maximum absolute atomic E-state index is 13.3. The number of ether oxygens (including phenoxy) is 2. The lowest BCUT2D eigenvalue weighted by atomic mass is 10.2. The summed E-state index contributed by atoms with van der Waals surface area (Å²) in [5, 5.41) is 11.8. The second-order valence-corrected chi connectivity index (χ2v) is 10.9. The van der Waals surface area contributed by atoms with Gasteiger partial charge in [-0.05, 0) is 77.9 Å². The molecule has 0 saturated carbocycles. The molecular weight excluding hydrogens is 546 g/mol. The molecule has 2 heterocycles. The Labute approximate surface area is 239 Å². The summed E-state index contributed by atoms with van der Waals surface area (Å²) in [6.45, 7) is 1.97. The van der Waals surface area contributed by atoms with Crippen molar-refractivity contribution in [3.63, 3.8) is 0 Å². The molecule has 202 valence electrons. The van der Waals surface area contributed by atoms with Gasteiger partial charge in [0.1, 0.15) is 5.70 Å². The Kier molecular flexibility index (Phi) is 8.48. The van der Waals surface area contributed by atoms with Crippen LogP contribution in [0.3, 0.4) is 0 Å². The lowest BCUT2D eigenvalue weighted by Crippen LogP contribution is -2.30. The first-order valence-electron chi connectivity index (χ1n) is 12.3. The number of amides is 3. The van der Waals surface area contributed by atoms with Crippen molar-refractivity contribution in [1.82, 2.24) is 5.32 Å². The van der Waals surface area contributed by atoms with Gasteiger partial charge in [0.15, 0.2) is 11.5 Å². The van der Waals surface area contributed by atoms with E-state index in [1.165, 1.54) is 23.1 Å². The number of hydrogen-bond acceptors (Lipinski definition) is 7. The van der Waals surface area contributed by atoms with Crippen LogP contribution in [0.25, 0.3) is 6.08 Å². The summed E-state index contributed by atoms with van der Waals surface area (Å²) in [6.07, 6.45) is 1.63. The van der Waals surface area contributed by atoms with E-state index >= 15 is 0 Å².